The fourth-order valence-corrected chi connectivity index (χ4v) is 2.93. The zero-order valence-electron chi connectivity index (χ0n) is 12.7. The van der Waals surface area contributed by atoms with Gasteiger partial charge in [-0.3, -0.25) is 0 Å². The maximum atomic E-state index is 4.66. The molecule has 106 valence electrons. The standard InChI is InChI=1S/C16H21N3S/c1-6-14-18-15(17-5)12(4)16(19-14)20-13-8-7-10(2)11(3)9-13/h7-9H,6H2,1-5H3,(H,17,18,19). The van der Waals surface area contributed by atoms with E-state index in [2.05, 4.69) is 61.2 Å². The third-order valence-electron chi connectivity index (χ3n) is 3.39. The fourth-order valence-electron chi connectivity index (χ4n) is 1.93. The number of nitrogens with one attached hydrogen (secondary N) is 1. The summed E-state index contributed by atoms with van der Waals surface area (Å²) < 4.78 is 0. The number of hydrogen-bond acceptors (Lipinski definition) is 4. The van der Waals surface area contributed by atoms with Crippen molar-refractivity contribution in [3.63, 3.8) is 0 Å². The topological polar surface area (TPSA) is 37.8 Å². The lowest BCUT2D eigenvalue weighted by atomic mass is 10.1. The molecule has 0 saturated carbocycles. The first-order valence-corrected chi connectivity index (χ1v) is 7.67. The van der Waals surface area contributed by atoms with Crippen LogP contribution < -0.4 is 5.32 Å². The van der Waals surface area contributed by atoms with Crippen molar-refractivity contribution in [2.45, 2.75) is 44.0 Å². The molecule has 0 aliphatic rings. The van der Waals surface area contributed by atoms with E-state index in [1.54, 1.807) is 11.8 Å². The summed E-state index contributed by atoms with van der Waals surface area (Å²) in [5.41, 5.74) is 3.73. The number of aryl methyl sites for hydroxylation is 3. The van der Waals surface area contributed by atoms with Crippen molar-refractivity contribution in [2.24, 2.45) is 0 Å². The van der Waals surface area contributed by atoms with Gasteiger partial charge in [0.1, 0.15) is 16.7 Å². The Kier molecular flexibility index (Phi) is 4.65. The summed E-state index contributed by atoms with van der Waals surface area (Å²) >= 11 is 1.71. The molecule has 0 aliphatic heterocycles. The van der Waals surface area contributed by atoms with Crippen LogP contribution >= 0.6 is 11.8 Å². The highest BCUT2D eigenvalue weighted by Gasteiger charge is 2.11. The van der Waals surface area contributed by atoms with Gasteiger partial charge in [-0.25, -0.2) is 9.97 Å². The molecule has 0 atom stereocenters. The molecule has 0 radical (unpaired) electrons. The molecular weight excluding hydrogens is 266 g/mol. The van der Waals surface area contributed by atoms with Gasteiger partial charge in [0.25, 0.3) is 0 Å². The number of rotatable bonds is 4. The second-order valence-corrected chi connectivity index (χ2v) is 5.93. The Morgan fingerprint density at radius 2 is 1.85 bits per heavy atom. The maximum absolute atomic E-state index is 4.66. The molecule has 2 aromatic rings. The normalized spacial score (nSPS) is 10.7. The van der Waals surface area contributed by atoms with E-state index in [4.69, 9.17) is 0 Å². The summed E-state index contributed by atoms with van der Waals surface area (Å²) in [6.45, 7) is 8.42. The van der Waals surface area contributed by atoms with Crippen molar-refractivity contribution in [1.82, 2.24) is 9.97 Å². The maximum Gasteiger partial charge on any atom is 0.133 e. The second kappa shape index (κ2) is 6.27. The number of aromatic nitrogens is 2. The molecule has 0 bridgehead atoms. The molecule has 3 nitrogen and oxygen atoms in total. The van der Waals surface area contributed by atoms with Gasteiger partial charge in [0, 0.05) is 23.9 Å². The van der Waals surface area contributed by atoms with Crippen LogP contribution in [-0.2, 0) is 6.42 Å². The molecule has 20 heavy (non-hydrogen) atoms. The van der Waals surface area contributed by atoms with E-state index < -0.39 is 0 Å². The molecular formula is C16H21N3S. The smallest absolute Gasteiger partial charge is 0.133 e. The van der Waals surface area contributed by atoms with Gasteiger partial charge in [-0.05, 0) is 44.0 Å². The molecule has 0 aliphatic carbocycles. The van der Waals surface area contributed by atoms with Crippen molar-refractivity contribution < 1.29 is 0 Å². The van der Waals surface area contributed by atoms with Crippen LogP contribution in [0.2, 0.25) is 0 Å². The average Bonchev–Trinajstić information content (AvgIpc) is 2.45. The molecule has 0 spiro atoms. The van der Waals surface area contributed by atoms with Gasteiger partial charge in [-0.1, -0.05) is 24.8 Å². The Labute approximate surface area is 125 Å². The summed E-state index contributed by atoms with van der Waals surface area (Å²) in [7, 11) is 1.90. The molecule has 4 heteroatoms. The summed E-state index contributed by atoms with van der Waals surface area (Å²) in [6.07, 6.45) is 0.843. The summed E-state index contributed by atoms with van der Waals surface area (Å²) in [6, 6.07) is 6.53. The lowest BCUT2D eigenvalue weighted by Gasteiger charge is -2.12. The highest BCUT2D eigenvalue weighted by molar-refractivity contribution is 7.99. The van der Waals surface area contributed by atoms with Crippen molar-refractivity contribution in [2.75, 3.05) is 12.4 Å². The first-order valence-electron chi connectivity index (χ1n) is 6.85. The van der Waals surface area contributed by atoms with E-state index in [0.717, 1.165) is 28.7 Å². The minimum Gasteiger partial charge on any atom is -0.373 e. The molecule has 0 fully saturated rings. The van der Waals surface area contributed by atoms with Crippen molar-refractivity contribution in [3.8, 4) is 0 Å². The van der Waals surface area contributed by atoms with E-state index in [9.17, 15) is 0 Å². The Bertz CT molecular complexity index is 623. The lowest BCUT2D eigenvalue weighted by Crippen LogP contribution is -2.04. The lowest BCUT2D eigenvalue weighted by molar-refractivity contribution is 0.874. The molecule has 1 heterocycles. The van der Waals surface area contributed by atoms with Crippen molar-refractivity contribution in [1.29, 1.82) is 0 Å². The Morgan fingerprint density at radius 1 is 1.10 bits per heavy atom. The van der Waals surface area contributed by atoms with Crippen LogP contribution in [0.15, 0.2) is 28.1 Å². The predicted molar refractivity (Wildman–Crippen MR) is 85.7 cm³/mol. The minimum atomic E-state index is 0.843. The quantitative estimate of drug-likeness (QED) is 0.857. The van der Waals surface area contributed by atoms with Gasteiger partial charge >= 0.3 is 0 Å². The first-order chi connectivity index (χ1) is 9.55. The third kappa shape index (κ3) is 3.12. The van der Waals surface area contributed by atoms with E-state index in [1.165, 1.54) is 16.0 Å². The monoisotopic (exact) mass is 287 g/mol. The van der Waals surface area contributed by atoms with Crippen LogP contribution in [0.25, 0.3) is 0 Å². The van der Waals surface area contributed by atoms with Gasteiger partial charge in [-0.15, -0.1) is 0 Å². The Hall–Kier alpha value is -1.55. The van der Waals surface area contributed by atoms with Crippen LogP contribution in [0, 0.1) is 20.8 Å². The van der Waals surface area contributed by atoms with E-state index in [1.807, 2.05) is 7.05 Å². The highest BCUT2D eigenvalue weighted by Crippen LogP contribution is 2.32. The van der Waals surface area contributed by atoms with E-state index >= 15 is 0 Å². The van der Waals surface area contributed by atoms with Crippen LogP contribution in [-0.4, -0.2) is 17.0 Å². The first kappa shape index (κ1) is 14.9. The van der Waals surface area contributed by atoms with E-state index in [-0.39, 0.29) is 0 Å². The summed E-state index contributed by atoms with van der Waals surface area (Å²) in [4.78, 5) is 10.4. The molecule has 0 unspecified atom stereocenters. The van der Waals surface area contributed by atoms with Gasteiger partial charge in [-0.2, -0.15) is 0 Å². The second-order valence-electron chi connectivity index (χ2n) is 4.87. The SMILES string of the molecule is CCc1nc(NC)c(C)c(Sc2ccc(C)c(C)c2)n1. The predicted octanol–water partition coefficient (Wildman–Crippen LogP) is 4.16. The Balaban J connectivity index is 2.39. The molecule has 2 rings (SSSR count). The number of benzene rings is 1. The Morgan fingerprint density at radius 3 is 2.45 bits per heavy atom. The van der Waals surface area contributed by atoms with Gasteiger partial charge in [0.15, 0.2) is 0 Å². The number of hydrogen-bond donors (Lipinski definition) is 1. The molecule has 0 saturated heterocycles. The van der Waals surface area contributed by atoms with Crippen molar-refractivity contribution >= 4 is 17.6 Å². The van der Waals surface area contributed by atoms with Gasteiger partial charge in [0.2, 0.25) is 0 Å². The third-order valence-corrected chi connectivity index (χ3v) is 4.47. The molecule has 1 aromatic heterocycles. The van der Waals surface area contributed by atoms with Crippen LogP contribution in [0.5, 0.6) is 0 Å². The molecule has 0 amide bonds. The average molecular weight is 287 g/mol. The molecule has 1 N–H and O–H groups in total. The zero-order valence-corrected chi connectivity index (χ0v) is 13.6. The summed E-state index contributed by atoms with van der Waals surface area (Å²) in [5.74, 6) is 1.80. The van der Waals surface area contributed by atoms with Crippen LogP contribution in [0.3, 0.4) is 0 Å². The number of anilines is 1. The molecule has 1 aromatic carbocycles. The number of nitrogens with zero attached hydrogens (tertiary/aromatic N) is 2. The fraction of sp³-hybridized carbons (Fsp3) is 0.375. The van der Waals surface area contributed by atoms with Crippen LogP contribution in [0.1, 0.15) is 29.4 Å². The van der Waals surface area contributed by atoms with Crippen LogP contribution in [0.4, 0.5) is 5.82 Å². The highest BCUT2D eigenvalue weighted by atomic mass is 32.2. The minimum absolute atomic E-state index is 0.843. The van der Waals surface area contributed by atoms with Gasteiger partial charge < -0.3 is 5.32 Å². The van der Waals surface area contributed by atoms with Gasteiger partial charge in [0.05, 0.1) is 0 Å². The van der Waals surface area contributed by atoms with Crippen molar-refractivity contribution in [3.05, 3.63) is 40.7 Å². The summed E-state index contributed by atoms with van der Waals surface area (Å²) in [5, 5.41) is 4.18. The largest absolute Gasteiger partial charge is 0.373 e. The van der Waals surface area contributed by atoms with E-state index in [0.29, 0.717) is 0 Å². The zero-order chi connectivity index (χ0) is 14.7.